The molecule has 4 aromatic rings. The highest BCUT2D eigenvalue weighted by Crippen LogP contribution is 2.31. The highest BCUT2D eigenvalue weighted by molar-refractivity contribution is 5.74. The summed E-state index contributed by atoms with van der Waals surface area (Å²) < 4.78 is 2.04. The third kappa shape index (κ3) is 2.62. The summed E-state index contributed by atoms with van der Waals surface area (Å²) in [4.78, 5) is 4.61. The average molecular weight is 298 g/mol. The molecule has 2 aromatic carbocycles. The third-order valence-corrected chi connectivity index (χ3v) is 3.58. The van der Waals surface area contributed by atoms with E-state index in [2.05, 4.69) is 27.3 Å². The molecule has 2 heterocycles. The van der Waals surface area contributed by atoms with Crippen molar-refractivity contribution in [1.82, 2.24) is 9.38 Å². The Bertz CT molecular complexity index is 957. The predicted octanol–water partition coefficient (Wildman–Crippen LogP) is 5.42. The van der Waals surface area contributed by atoms with Crippen LogP contribution in [0.2, 0.25) is 0 Å². The van der Waals surface area contributed by atoms with Gasteiger partial charge in [-0.15, -0.1) is 10.2 Å². The summed E-state index contributed by atoms with van der Waals surface area (Å²) in [6.45, 7) is 0. The molecular weight excluding hydrogens is 284 g/mol. The number of rotatable bonds is 3. The Balaban J connectivity index is 1.88. The highest BCUT2D eigenvalue weighted by atomic mass is 15.2. The quantitative estimate of drug-likeness (QED) is 0.466. The molecule has 0 aliphatic carbocycles. The van der Waals surface area contributed by atoms with Crippen molar-refractivity contribution in [2.24, 2.45) is 10.2 Å². The third-order valence-electron chi connectivity index (χ3n) is 3.58. The van der Waals surface area contributed by atoms with E-state index >= 15 is 0 Å². The summed E-state index contributed by atoms with van der Waals surface area (Å²) >= 11 is 0. The second kappa shape index (κ2) is 5.85. The molecule has 0 unspecified atom stereocenters. The molecule has 0 aliphatic rings. The van der Waals surface area contributed by atoms with Crippen LogP contribution in [0.25, 0.3) is 16.9 Å². The van der Waals surface area contributed by atoms with Crippen LogP contribution in [0.3, 0.4) is 0 Å². The van der Waals surface area contributed by atoms with E-state index in [9.17, 15) is 0 Å². The molecule has 0 aliphatic heterocycles. The van der Waals surface area contributed by atoms with Crippen molar-refractivity contribution in [2.75, 3.05) is 0 Å². The Morgan fingerprint density at radius 1 is 0.696 bits per heavy atom. The standard InChI is InChI=1S/C19H14N4/c1-3-9-15(10-4-1)18-19(20-17-13-7-8-14-23(17)18)22-21-16-11-5-2-6-12-16/h1-14H. The Kier molecular flexibility index (Phi) is 3.41. The van der Waals surface area contributed by atoms with Gasteiger partial charge < -0.3 is 0 Å². The molecule has 0 atom stereocenters. The second-order valence-electron chi connectivity index (χ2n) is 5.11. The van der Waals surface area contributed by atoms with E-state index in [1.165, 1.54) is 0 Å². The maximum Gasteiger partial charge on any atom is 0.201 e. The number of nitrogens with zero attached hydrogens (tertiary/aromatic N) is 4. The van der Waals surface area contributed by atoms with Crippen molar-refractivity contribution in [1.29, 1.82) is 0 Å². The SMILES string of the molecule is c1ccc(N=Nc2nc3ccccn3c2-c2ccccc2)cc1. The first-order chi connectivity index (χ1) is 11.4. The van der Waals surface area contributed by atoms with Gasteiger partial charge >= 0.3 is 0 Å². The number of fused-ring (bicyclic) bond motifs is 1. The zero-order chi connectivity index (χ0) is 15.5. The summed E-state index contributed by atoms with van der Waals surface area (Å²) in [5.41, 5.74) is 3.67. The lowest BCUT2D eigenvalue weighted by molar-refractivity contribution is 1.18. The maximum atomic E-state index is 4.61. The predicted molar refractivity (Wildman–Crippen MR) is 91.2 cm³/mol. The molecule has 0 saturated heterocycles. The normalized spacial score (nSPS) is 11.3. The maximum absolute atomic E-state index is 4.61. The van der Waals surface area contributed by atoms with Crippen LogP contribution in [0.5, 0.6) is 0 Å². The van der Waals surface area contributed by atoms with E-state index < -0.39 is 0 Å². The number of aromatic nitrogens is 2. The van der Waals surface area contributed by atoms with Gasteiger partial charge in [0.15, 0.2) is 0 Å². The van der Waals surface area contributed by atoms with Gasteiger partial charge in [-0.25, -0.2) is 4.98 Å². The van der Waals surface area contributed by atoms with Gasteiger partial charge in [-0.3, -0.25) is 4.40 Å². The average Bonchev–Trinajstić information content (AvgIpc) is 3.00. The van der Waals surface area contributed by atoms with E-state index in [0.717, 1.165) is 22.6 Å². The van der Waals surface area contributed by atoms with Crippen LogP contribution < -0.4 is 0 Å². The largest absolute Gasteiger partial charge is 0.298 e. The van der Waals surface area contributed by atoms with Crippen LogP contribution in [0.1, 0.15) is 0 Å². The number of hydrogen-bond donors (Lipinski definition) is 0. The van der Waals surface area contributed by atoms with Gasteiger partial charge in [0.05, 0.1) is 5.69 Å². The first-order valence-corrected chi connectivity index (χ1v) is 7.41. The molecule has 0 amide bonds. The summed E-state index contributed by atoms with van der Waals surface area (Å²) in [6, 6.07) is 25.7. The highest BCUT2D eigenvalue weighted by Gasteiger charge is 2.13. The summed E-state index contributed by atoms with van der Waals surface area (Å²) in [5, 5.41) is 8.69. The second-order valence-corrected chi connectivity index (χ2v) is 5.11. The molecule has 0 fully saturated rings. The van der Waals surface area contributed by atoms with Crippen LogP contribution in [0.4, 0.5) is 11.5 Å². The first-order valence-electron chi connectivity index (χ1n) is 7.41. The molecule has 110 valence electrons. The van der Waals surface area contributed by atoms with Crippen molar-refractivity contribution in [3.05, 3.63) is 85.1 Å². The van der Waals surface area contributed by atoms with E-state index in [1.807, 2.05) is 77.3 Å². The molecule has 0 saturated carbocycles. The molecule has 0 spiro atoms. The van der Waals surface area contributed by atoms with Crippen molar-refractivity contribution in [3.8, 4) is 11.3 Å². The molecule has 0 N–H and O–H groups in total. The smallest absolute Gasteiger partial charge is 0.201 e. The van der Waals surface area contributed by atoms with Crippen LogP contribution >= 0.6 is 0 Å². The van der Waals surface area contributed by atoms with E-state index in [0.29, 0.717) is 5.82 Å². The number of hydrogen-bond acceptors (Lipinski definition) is 3. The Hall–Kier alpha value is -3.27. The minimum atomic E-state index is 0.617. The summed E-state index contributed by atoms with van der Waals surface area (Å²) in [7, 11) is 0. The van der Waals surface area contributed by atoms with Gasteiger partial charge in [0.1, 0.15) is 11.3 Å². The topological polar surface area (TPSA) is 42.0 Å². The number of imidazole rings is 1. The van der Waals surface area contributed by atoms with Crippen LogP contribution in [0, 0.1) is 0 Å². The van der Waals surface area contributed by atoms with Gasteiger partial charge in [-0.2, -0.15) is 0 Å². The van der Waals surface area contributed by atoms with Crippen LogP contribution in [-0.4, -0.2) is 9.38 Å². The first kappa shape index (κ1) is 13.4. The fourth-order valence-corrected chi connectivity index (χ4v) is 2.52. The van der Waals surface area contributed by atoms with Crippen molar-refractivity contribution in [3.63, 3.8) is 0 Å². The van der Waals surface area contributed by atoms with Gasteiger partial charge in [0.25, 0.3) is 0 Å². The lowest BCUT2D eigenvalue weighted by atomic mass is 10.1. The monoisotopic (exact) mass is 298 g/mol. The molecular formula is C19H14N4. The van der Waals surface area contributed by atoms with Gasteiger partial charge in [0, 0.05) is 11.8 Å². The number of azo groups is 1. The Morgan fingerprint density at radius 2 is 1.39 bits per heavy atom. The zero-order valence-corrected chi connectivity index (χ0v) is 12.4. The Labute approximate surface area is 133 Å². The molecule has 23 heavy (non-hydrogen) atoms. The molecule has 4 rings (SSSR count). The minimum absolute atomic E-state index is 0.617. The van der Waals surface area contributed by atoms with E-state index in [1.54, 1.807) is 0 Å². The van der Waals surface area contributed by atoms with Crippen molar-refractivity contribution in [2.45, 2.75) is 0 Å². The lowest BCUT2D eigenvalue weighted by Crippen LogP contribution is -1.86. The lowest BCUT2D eigenvalue weighted by Gasteiger charge is -2.02. The molecule has 4 nitrogen and oxygen atoms in total. The fourth-order valence-electron chi connectivity index (χ4n) is 2.52. The van der Waals surface area contributed by atoms with E-state index in [4.69, 9.17) is 0 Å². The molecule has 2 aromatic heterocycles. The summed E-state index contributed by atoms with van der Waals surface area (Å²) in [5.74, 6) is 0.617. The van der Waals surface area contributed by atoms with Crippen LogP contribution in [0.15, 0.2) is 95.3 Å². The fraction of sp³-hybridized carbons (Fsp3) is 0. The number of benzene rings is 2. The summed E-state index contributed by atoms with van der Waals surface area (Å²) in [6.07, 6.45) is 1.99. The van der Waals surface area contributed by atoms with Crippen LogP contribution in [-0.2, 0) is 0 Å². The molecule has 0 bridgehead atoms. The van der Waals surface area contributed by atoms with E-state index in [-0.39, 0.29) is 0 Å². The van der Waals surface area contributed by atoms with Crippen molar-refractivity contribution < 1.29 is 0 Å². The minimum Gasteiger partial charge on any atom is -0.298 e. The molecule has 4 heteroatoms. The van der Waals surface area contributed by atoms with Crippen molar-refractivity contribution >= 4 is 17.2 Å². The van der Waals surface area contributed by atoms with Gasteiger partial charge in [-0.1, -0.05) is 54.6 Å². The number of pyridine rings is 1. The van der Waals surface area contributed by atoms with Gasteiger partial charge in [0.2, 0.25) is 5.82 Å². The van der Waals surface area contributed by atoms with Gasteiger partial charge in [-0.05, 0) is 24.3 Å². The Morgan fingerprint density at radius 3 is 2.17 bits per heavy atom. The molecule has 0 radical (unpaired) electrons. The zero-order valence-electron chi connectivity index (χ0n) is 12.4.